The summed E-state index contributed by atoms with van der Waals surface area (Å²) in [5, 5.41) is 2.86. The lowest BCUT2D eigenvalue weighted by Crippen LogP contribution is -2.50. The van der Waals surface area contributed by atoms with Gasteiger partial charge in [0.25, 0.3) is 15.9 Å². The van der Waals surface area contributed by atoms with Gasteiger partial charge in [0.1, 0.15) is 5.75 Å². The number of benzene rings is 3. The van der Waals surface area contributed by atoms with Gasteiger partial charge in [0.05, 0.1) is 17.1 Å². The molecule has 154 valence electrons. The first-order chi connectivity index (χ1) is 14.6. The lowest BCUT2D eigenvalue weighted by molar-refractivity contribution is -0.127. The van der Waals surface area contributed by atoms with Crippen molar-refractivity contribution in [2.24, 2.45) is 0 Å². The highest BCUT2D eigenvalue weighted by Gasteiger charge is 2.37. The highest BCUT2D eigenvalue weighted by molar-refractivity contribution is 7.92. The molecule has 0 bridgehead atoms. The third kappa shape index (κ3) is 4.16. The van der Waals surface area contributed by atoms with Gasteiger partial charge in [-0.2, -0.15) is 0 Å². The predicted octanol–water partition coefficient (Wildman–Crippen LogP) is 3.00. The number of carbonyl (C=O) groups excluding carboxylic acids is 1. The molecule has 0 aliphatic carbocycles. The van der Waals surface area contributed by atoms with Crippen molar-refractivity contribution >= 4 is 21.6 Å². The third-order valence-electron chi connectivity index (χ3n) is 4.91. The van der Waals surface area contributed by atoms with Crippen molar-refractivity contribution in [1.29, 1.82) is 0 Å². The molecule has 1 N–H and O–H groups in total. The minimum absolute atomic E-state index is 0.0919. The summed E-state index contributed by atoms with van der Waals surface area (Å²) in [6.07, 6.45) is -0.254. The van der Waals surface area contributed by atoms with Gasteiger partial charge in [0, 0.05) is 6.54 Å². The number of rotatable bonds is 6. The van der Waals surface area contributed by atoms with Gasteiger partial charge in [-0.3, -0.25) is 9.10 Å². The Morgan fingerprint density at radius 1 is 0.933 bits per heavy atom. The summed E-state index contributed by atoms with van der Waals surface area (Å²) < 4.78 is 33.6. The maximum atomic E-state index is 13.3. The molecule has 1 amide bonds. The van der Waals surface area contributed by atoms with Crippen molar-refractivity contribution in [3.05, 3.63) is 90.5 Å². The largest absolute Gasteiger partial charge is 0.476 e. The van der Waals surface area contributed by atoms with Crippen LogP contribution >= 0.6 is 0 Å². The molecule has 7 heteroatoms. The zero-order valence-corrected chi connectivity index (χ0v) is 17.1. The smallest absolute Gasteiger partial charge is 0.264 e. The molecule has 4 rings (SSSR count). The van der Waals surface area contributed by atoms with Crippen LogP contribution in [0.4, 0.5) is 5.69 Å². The minimum Gasteiger partial charge on any atom is -0.476 e. The summed E-state index contributed by atoms with van der Waals surface area (Å²) in [7, 11) is -3.83. The van der Waals surface area contributed by atoms with Gasteiger partial charge in [0.2, 0.25) is 0 Å². The Bertz CT molecular complexity index is 1120. The number of ether oxygens (including phenoxy) is 1. The maximum absolute atomic E-state index is 13.3. The molecule has 1 aliphatic rings. The van der Waals surface area contributed by atoms with E-state index in [2.05, 4.69) is 5.32 Å². The molecule has 1 unspecified atom stereocenters. The summed E-state index contributed by atoms with van der Waals surface area (Å²) in [6.45, 7) is 0.348. The van der Waals surface area contributed by atoms with Crippen LogP contribution < -0.4 is 14.4 Å². The van der Waals surface area contributed by atoms with Crippen LogP contribution in [0, 0.1) is 0 Å². The molecule has 6 nitrogen and oxygen atoms in total. The van der Waals surface area contributed by atoms with Gasteiger partial charge in [-0.15, -0.1) is 0 Å². The zero-order valence-electron chi connectivity index (χ0n) is 16.3. The van der Waals surface area contributed by atoms with Crippen LogP contribution in [-0.4, -0.2) is 33.5 Å². The Kier molecular flexibility index (Phi) is 5.72. The summed E-state index contributed by atoms with van der Waals surface area (Å²) in [5.41, 5.74) is 1.54. The fourth-order valence-corrected chi connectivity index (χ4v) is 4.87. The van der Waals surface area contributed by atoms with Gasteiger partial charge in [-0.25, -0.2) is 8.42 Å². The van der Waals surface area contributed by atoms with E-state index in [1.54, 1.807) is 54.6 Å². The Morgan fingerprint density at radius 2 is 1.57 bits per heavy atom. The number of anilines is 1. The number of hydrogen-bond acceptors (Lipinski definition) is 4. The second-order valence-corrected chi connectivity index (χ2v) is 8.81. The van der Waals surface area contributed by atoms with Crippen molar-refractivity contribution in [3.8, 4) is 5.75 Å². The summed E-state index contributed by atoms with van der Waals surface area (Å²) in [4.78, 5) is 12.9. The lowest BCUT2D eigenvalue weighted by atomic mass is 10.1. The third-order valence-corrected chi connectivity index (χ3v) is 6.71. The first-order valence-corrected chi connectivity index (χ1v) is 11.1. The van der Waals surface area contributed by atoms with E-state index in [0.717, 1.165) is 5.56 Å². The fraction of sp³-hybridized carbons (Fsp3) is 0.174. The van der Waals surface area contributed by atoms with E-state index in [0.29, 0.717) is 24.4 Å². The second kappa shape index (κ2) is 8.59. The van der Waals surface area contributed by atoms with Gasteiger partial charge in [0.15, 0.2) is 6.10 Å². The highest BCUT2D eigenvalue weighted by atomic mass is 32.2. The molecule has 0 radical (unpaired) electrons. The molecule has 0 fully saturated rings. The molecule has 30 heavy (non-hydrogen) atoms. The Labute approximate surface area is 176 Å². The molecule has 3 aromatic rings. The van der Waals surface area contributed by atoms with E-state index in [1.165, 1.54) is 4.31 Å². The van der Waals surface area contributed by atoms with Crippen LogP contribution in [0.2, 0.25) is 0 Å². The lowest BCUT2D eigenvalue weighted by Gasteiger charge is -2.34. The molecule has 0 saturated carbocycles. The molecule has 0 spiro atoms. The number of fused-ring (bicyclic) bond motifs is 1. The summed E-state index contributed by atoms with van der Waals surface area (Å²) >= 11 is 0. The van der Waals surface area contributed by atoms with Crippen LogP contribution in [0.3, 0.4) is 0 Å². The number of carbonyl (C=O) groups is 1. The maximum Gasteiger partial charge on any atom is 0.264 e. The van der Waals surface area contributed by atoms with Crippen molar-refractivity contribution in [2.75, 3.05) is 17.4 Å². The van der Waals surface area contributed by atoms with Gasteiger partial charge in [-0.05, 0) is 36.2 Å². The van der Waals surface area contributed by atoms with Crippen molar-refractivity contribution in [1.82, 2.24) is 5.32 Å². The number of hydrogen-bond donors (Lipinski definition) is 1. The predicted molar refractivity (Wildman–Crippen MR) is 115 cm³/mol. The number of nitrogens with one attached hydrogen (secondary N) is 1. The van der Waals surface area contributed by atoms with E-state index in [9.17, 15) is 13.2 Å². The monoisotopic (exact) mass is 422 g/mol. The van der Waals surface area contributed by atoms with Crippen molar-refractivity contribution < 1.29 is 17.9 Å². The number of nitrogens with zero attached hydrogens (tertiary/aromatic N) is 1. The highest BCUT2D eigenvalue weighted by Crippen LogP contribution is 2.36. The number of sulfonamides is 1. The first kappa shape index (κ1) is 20.0. The molecule has 0 saturated heterocycles. The topological polar surface area (TPSA) is 75.7 Å². The number of para-hydroxylation sites is 2. The SMILES string of the molecule is O=C(NCCc1ccccc1)C1CN(S(=O)(=O)c2ccccc2)c2ccccc2O1. The van der Waals surface area contributed by atoms with E-state index in [-0.39, 0.29) is 17.3 Å². The number of amides is 1. The Hall–Kier alpha value is -3.32. The minimum atomic E-state index is -3.83. The molecule has 0 aromatic heterocycles. The van der Waals surface area contributed by atoms with Crippen LogP contribution in [0.15, 0.2) is 89.8 Å². The van der Waals surface area contributed by atoms with Crippen LogP contribution in [0.1, 0.15) is 5.56 Å². The van der Waals surface area contributed by atoms with E-state index >= 15 is 0 Å². The molecule has 3 aromatic carbocycles. The van der Waals surface area contributed by atoms with E-state index < -0.39 is 16.1 Å². The quantitative estimate of drug-likeness (QED) is 0.663. The summed E-state index contributed by atoms with van der Waals surface area (Å²) in [6, 6.07) is 24.9. The average molecular weight is 423 g/mol. The summed E-state index contributed by atoms with van der Waals surface area (Å²) in [5.74, 6) is 0.0279. The first-order valence-electron chi connectivity index (χ1n) is 9.71. The molecular weight excluding hydrogens is 400 g/mol. The Morgan fingerprint density at radius 3 is 2.30 bits per heavy atom. The van der Waals surface area contributed by atoms with Gasteiger partial charge in [-0.1, -0.05) is 60.7 Å². The molecule has 1 atom stereocenters. The Balaban J connectivity index is 1.53. The average Bonchev–Trinajstić information content (AvgIpc) is 2.79. The van der Waals surface area contributed by atoms with E-state index in [1.807, 2.05) is 30.3 Å². The fourth-order valence-electron chi connectivity index (χ4n) is 3.37. The van der Waals surface area contributed by atoms with Gasteiger partial charge >= 0.3 is 0 Å². The zero-order chi connectivity index (χ0) is 21.0. The van der Waals surface area contributed by atoms with Crippen LogP contribution in [-0.2, 0) is 21.2 Å². The van der Waals surface area contributed by atoms with Crippen LogP contribution in [0.5, 0.6) is 5.75 Å². The van der Waals surface area contributed by atoms with Crippen molar-refractivity contribution in [3.63, 3.8) is 0 Å². The van der Waals surface area contributed by atoms with Crippen LogP contribution in [0.25, 0.3) is 0 Å². The molecule has 1 heterocycles. The standard InChI is InChI=1S/C23H22N2O4S/c26-23(24-16-15-18-9-3-1-4-10-18)22-17-25(20-13-7-8-14-21(20)29-22)30(27,28)19-11-5-2-6-12-19/h1-14,22H,15-17H2,(H,24,26). The molecule has 1 aliphatic heterocycles. The van der Waals surface area contributed by atoms with Gasteiger partial charge < -0.3 is 10.1 Å². The normalized spacial score (nSPS) is 15.7. The second-order valence-electron chi connectivity index (χ2n) is 6.95. The van der Waals surface area contributed by atoms with Crippen molar-refractivity contribution in [2.45, 2.75) is 17.4 Å². The van der Waals surface area contributed by atoms with E-state index in [4.69, 9.17) is 4.74 Å². The molecular formula is C23H22N2O4S.